The number of hydrogen-bond donors (Lipinski definition) is 1. The summed E-state index contributed by atoms with van der Waals surface area (Å²) in [5.74, 6) is -7.68. The predicted octanol–water partition coefficient (Wildman–Crippen LogP) is 2.33. The summed E-state index contributed by atoms with van der Waals surface area (Å²) in [4.78, 5) is 10.8. The minimum Gasteiger partial charge on any atom is -0.480 e. The van der Waals surface area contributed by atoms with Gasteiger partial charge >= 0.3 is 5.97 Å². The first-order chi connectivity index (χ1) is 7.31. The van der Waals surface area contributed by atoms with Crippen LogP contribution in [0, 0.1) is 11.6 Å². The van der Waals surface area contributed by atoms with Crippen LogP contribution in [0.25, 0.3) is 0 Å². The molecule has 0 bridgehead atoms. The molecular weight excluding hydrogens is 228 g/mol. The number of carboxylic acid groups (broad SMARTS) is 1. The second kappa shape index (κ2) is 2.96. The molecule has 6 heteroatoms. The van der Waals surface area contributed by atoms with Gasteiger partial charge in [-0.25, -0.2) is 17.6 Å². The molecule has 1 aromatic carbocycles. The summed E-state index contributed by atoms with van der Waals surface area (Å²) in [5.41, 5.74) is -2.81. The maximum absolute atomic E-state index is 13.0. The van der Waals surface area contributed by atoms with Crippen molar-refractivity contribution < 1.29 is 27.5 Å². The van der Waals surface area contributed by atoms with E-state index >= 15 is 0 Å². The van der Waals surface area contributed by atoms with E-state index in [1.165, 1.54) is 0 Å². The van der Waals surface area contributed by atoms with E-state index in [0.717, 1.165) is 6.07 Å². The van der Waals surface area contributed by atoms with Gasteiger partial charge in [-0.2, -0.15) is 0 Å². The molecule has 1 saturated carbocycles. The van der Waals surface area contributed by atoms with Crippen LogP contribution in [0.15, 0.2) is 18.2 Å². The molecule has 0 amide bonds. The summed E-state index contributed by atoms with van der Waals surface area (Å²) >= 11 is 0. The van der Waals surface area contributed by atoms with Gasteiger partial charge in [-0.3, -0.25) is 4.79 Å². The number of aliphatic carboxylic acids is 1. The number of carbonyl (C=O) groups is 1. The largest absolute Gasteiger partial charge is 0.480 e. The standard InChI is InChI=1S/C10H6F4O2/c11-6-2-1-5(3-7(6)12)9(8(15)16)4-10(9,13)14/h1-3H,4H2,(H,15,16). The maximum Gasteiger partial charge on any atom is 0.320 e. The fourth-order valence-corrected chi connectivity index (χ4v) is 1.72. The van der Waals surface area contributed by atoms with Gasteiger partial charge in [0.05, 0.1) is 0 Å². The van der Waals surface area contributed by atoms with Crippen molar-refractivity contribution in [1.82, 2.24) is 0 Å². The third kappa shape index (κ3) is 1.22. The van der Waals surface area contributed by atoms with Crippen molar-refractivity contribution in [2.45, 2.75) is 17.8 Å². The van der Waals surface area contributed by atoms with Gasteiger partial charge in [-0.1, -0.05) is 6.07 Å². The Bertz CT molecular complexity index is 472. The van der Waals surface area contributed by atoms with Gasteiger partial charge in [0.15, 0.2) is 17.0 Å². The van der Waals surface area contributed by atoms with E-state index in [-0.39, 0.29) is 0 Å². The zero-order valence-corrected chi connectivity index (χ0v) is 7.81. The van der Waals surface area contributed by atoms with Crippen LogP contribution in [0.1, 0.15) is 12.0 Å². The lowest BCUT2D eigenvalue weighted by molar-refractivity contribution is -0.142. The first-order valence-electron chi connectivity index (χ1n) is 4.38. The smallest absolute Gasteiger partial charge is 0.320 e. The summed E-state index contributed by atoms with van der Waals surface area (Å²) in [6.07, 6.45) is -0.888. The van der Waals surface area contributed by atoms with E-state index in [4.69, 9.17) is 5.11 Å². The zero-order valence-electron chi connectivity index (χ0n) is 7.81. The summed E-state index contributed by atoms with van der Waals surface area (Å²) < 4.78 is 51.5. The number of hydrogen-bond acceptors (Lipinski definition) is 1. The molecule has 1 unspecified atom stereocenters. The summed E-state index contributed by atoms with van der Waals surface area (Å²) in [6, 6.07) is 2.02. The average molecular weight is 234 g/mol. The number of carboxylic acids is 1. The summed E-state index contributed by atoms with van der Waals surface area (Å²) in [5, 5.41) is 8.76. The second-order valence-electron chi connectivity index (χ2n) is 3.72. The molecule has 1 aliphatic carbocycles. The molecule has 0 spiro atoms. The normalized spacial score (nSPS) is 26.5. The van der Waals surface area contributed by atoms with Crippen molar-refractivity contribution in [2.75, 3.05) is 0 Å². The highest BCUT2D eigenvalue weighted by Gasteiger charge is 2.77. The molecule has 0 radical (unpaired) electrons. The molecule has 0 aliphatic heterocycles. The molecule has 1 N–H and O–H groups in total. The lowest BCUT2D eigenvalue weighted by Crippen LogP contribution is -2.27. The maximum atomic E-state index is 13.0. The third-order valence-corrected chi connectivity index (χ3v) is 2.76. The van der Waals surface area contributed by atoms with Crippen molar-refractivity contribution in [3.63, 3.8) is 0 Å². The minimum atomic E-state index is -3.41. The van der Waals surface area contributed by atoms with Crippen LogP contribution in [0.4, 0.5) is 17.6 Å². The van der Waals surface area contributed by atoms with Gasteiger partial charge in [0.25, 0.3) is 5.92 Å². The molecule has 0 aromatic heterocycles. The highest BCUT2D eigenvalue weighted by Crippen LogP contribution is 2.61. The topological polar surface area (TPSA) is 37.3 Å². The quantitative estimate of drug-likeness (QED) is 0.797. The molecule has 0 heterocycles. The molecule has 2 rings (SSSR count). The third-order valence-electron chi connectivity index (χ3n) is 2.76. The van der Waals surface area contributed by atoms with Gasteiger partial charge in [-0.15, -0.1) is 0 Å². The van der Waals surface area contributed by atoms with E-state index in [2.05, 4.69) is 0 Å². The summed E-state index contributed by atoms with van der Waals surface area (Å²) in [7, 11) is 0. The van der Waals surface area contributed by atoms with Crippen LogP contribution >= 0.6 is 0 Å². The van der Waals surface area contributed by atoms with E-state index < -0.39 is 40.9 Å². The number of halogens is 4. The highest BCUT2D eigenvalue weighted by atomic mass is 19.3. The zero-order chi connectivity index (χ0) is 12.1. The Morgan fingerprint density at radius 3 is 2.19 bits per heavy atom. The number of alkyl halides is 2. The Morgan fingerprint density at radius 2 is 1.81 bits per heavy atom. The SMILES string of the molecule is O=C(O)C1(c2ccc(F)c(F)c2)CC1(F)F. The van der Waals surface area contributed by atoms with Gasteiger partial charge in [-0.05, 0) is 17.7 Å². The van der Waals surface area contributed by atoms with Crippen molar-refractivity contribution in [2.24, 2.45) is 0 Å². The average Bonchev–Trinajstić information content (AvgIpc) is 2.75. The molecule has 1 atom stereocenters. The van der Waals surface area contributed by atoms with Gasteiger partial charge < -0.3 is 5.11 Å². The fraction of sp³-hybridized carbons (Fsp3) is 0.300. The van der Waals surface area contributed by atoms with Crippen LogP contribution < -0.4 is 0 Å². The van der Waals surface area contributed by atoms with Gasteiger partial charge in [0.2, 0.25) is 0 Å². The Kier molecular flexibility index (Phi) is 2.02. The van der Waals surface area contributed by atoms with E-state index in [0.29, 0.717) is 12.1 Å². The Hall–Kier alpha value is -1.59. The minimum absolute atomic E-state index is 0.413. The van der Waals surface area contributed by atoms with Crippen molar-refractivity contribution in [1.29, 1.82) is 0 Å². The monoisotopic (exact) mass is 234 g/mol. The van der Waals surface area contributed by atoms with E-state index in [9.17, 15) is 22.4 Å². The Balaban J connectivity index is 2.51. The fourth-order valence-electron chi connectivity index (χ4n) is 1.72. The van der Waals surface area contributed by atoms with Crippen LogP contribution in [0.3, 0.4) is 0 Å². The predicted molar refractivity (Wildman–Crippen MR) is 45.2 cm³/mol. The van der Waals surface area contributed by atoms with Crippen LogP contribution in [0.2, 0.25) is 0 Å². The molecule has 0 saturated heterocycles. The van der Waals surface area contributed by atoms with Gasteiger partial charge in [0, 0.05) is 6.42 Å². The molecule has 86 valence electrons. The molecular formula is C10H6F4O2. The van der Waals surface area contributed by atoms with Gasteiger partial charge in [0.1, 0.15) is 0 Å². The summed E-state index contributed by atoms with van der Waals surface area (Å²) in [6.45, 7) is 0. The second-order valence-corrected chi connectivity index (χ2v) is 3.72. The molecule has 1 fully saturated rings. The Labute approximate surface area is 87.5 Å². The lowest BCUT2D eigenvalue weighted by atomic mass is 9.95. The first kappa shape index (κ1) is 10.9. The Morgan fingerprint density at radius 1 is 1.25 bits per heavy atom. The molecule has 1 aromatic rings. The van der Waals surface area contributed by atoms with Crippen molar-refractivity contribution >= 4 is 5.97 Å². The number of benzene rings is 1. The van der Waals surface area contributed by atoms with Crippen LogP contribution in [0.5, 0.6) is 0 Å². The molecule has 1 aliphatic rings. The van der Waals surface area contributed by atoms with Crippen LogP contribution in [-0.4, -0.2) is 17.0 Å². The molecule has 16 heavy (non-hydrogen) atoms. The lowest BCUT2D eigenvalue weighted by Gasteiger charge is -2.11. The van der Waals surface area contributed by atoms with E-state index in [1.54, 1.807) is 0 Å². The van der Waals surface area contributed by atoms with Crippen molar-refractivity contribution in [3.05, 3.63) is 35.4 Å². The first-order valence-corrected chi connectivity index (χ1v) is 4.38. The molecule has 2 nitrogen and oxygen atoms in total. The highest BCUT2D eigenvalue weighted by molar-refractivity contribution is 5.87. The van der Waals surface area contributed by atoms with Crippen molar-refractivity contribution in [3.8, 4) is 0 Å². The van der Waals surface area contributed by atoms with Crippen LogP contribution in [-0.2, 0) is 10.2 Å². The number of rotatable bonds is 2. The van der Waals surface area contributed by atoms with E-state index in [1.807, 2.05) is 0 Å².